The number of H-pyrrole nitrogens is 1. The van der Waals surface area contributed by atoms with E-state index in [1.807, 2.05) is 13.8 Å². The van der Waals surface area contributed by atoms with E-state index in [1.54, 1.807) is 0 Å². The van der Waals surface area contributed by atoms with Crippen LogP contribution >= 0.6 is 0 Å². The Bertz CT molecular complexity index is 415. The zero-order chi connectivity index (χ0) is 12.9. The molecule has 1 rings (SSSR count). The Morgan fingerprint density at radius 2 is 2.24 bits per heavy atom. The van der Waals surface area contributed by atoms with E-state index in [2.05, 4.69) is 20.5 Å². The van der Waals surface area contributed by atoms with Crippen molar-refractivity contribution in [3.05, 3.63) is 12.2 Å². The van der Waals surface area contributed by atoms with Crippen LogP contribution in [0.25, 0.3) is 0 Å². The van der Waals surface area contributed by atoms with Crippen LogP contribution in [0.2, 0.25) is 0 Å². The number of aromatic amines is 1. The Kier molecular flexibility index (Phi) is 5.03. The second-order valence-corrected chi connectivity index (χ2v) is 6.31. The van der Waals surface area contributed by atoms with Gasteiger partial charge in [-0.1, -0.05) is 13.8 Å². The van der Waals surface area contributed by atoms with Gasteiger partial charge in [0.05, 0.1) is 12.3 Å². The topological polar surface area (TPSA) is 91.0 Å². The Morgan fingerprint density at radius 1 is 1.53 bits per heavy atom. The van der Waals surface area contributed by atoms with Gasteiger partial charge in [-0.3, -0.25) is 5.10 Å². The van der Waals surface area contributed by atoms with E-state index in [0.717, 1.165) is 0 Å². The summed E-state index contributed by atoms with van der Waals surface area (Å²) in [4.78, 5) is 3.89. The number of nitrogens with one attached hydrogen (secondary N) is 2. The highest BCUT2D eigenvalue weighted by atomic mass is 32.2. The van der Waals surface area contributed by atoms with Crippen LogP contribution < -0.4 is 5.32 Å². The van der Waals surface area contributed by atoms with Crippen LogP contribution in [0.4, 0.5) is 0 Å². The molecule has 0 amide bonds. The van der Waals surface area contributed by atoms with Gasteiger partial charge in [-0.2, -0.15) is 9.40 Å². The summed E-state index contributed by atoms with van der Waals surface area (Å²) in [6.07, 6.45) is 1.36. The van der Waals surface area contributed by atoms with Gasteiger partial charge >= 0.3 is 0 Å². The molecule has 0 spiro atoms. The molecule has 0 aliphatic heterocycles. The molecule has 0 aromatic carbocycles. The first-order valence-corrected chi connectivity index (χ1v) is 7.04. The van der Waals surface area contributed by atoms with E-state index in [9.17, 15) is 8.42 Å². The predicted octanol–water partition coefficient (Wildman–Crippen LogP) is -0.436. The summed E-state index contributed by atoms with van der Waals surface area (Å²) in [5.74, 6) is 0.614. The maximum atomic E-state index is 11.9. The van der Waals surface area contributed by atoms with Gasteiger partial charge in [0.15, 0.2) is 0 Å². The zero-order valence-electron chi connectivity index (χ0n) is 10.3. The highest BCUT2D eigenvalue weighted by molar-refractivity contribution is 7.89. The van der Waals surface area contributed by atoms with E-state index in [0.29, 0.717) is 12.4 Å². The van der Waals surface area contributed by atoms with Gasteiger partial charge in [-0.25, -0.2) is 13.4 Å². The molecule has 0 fully saturated rings. The highest BCUT2D eigenvalue weighted by Crippen LogP contribution is 2.02. The average Bonchev–Trinajstić information content (AvgIpc) is 2.69. The average molecular weight is 261 g/mol. The highest BCUT2D eigenvalue weighted by Gasteiger charge is 2.18. The molecular weight excluding hydrogens is 242 g/mol. The molecule has 0 aliphatic carbocycles. The van der Waals surface area contributed by atoms with Crippen LogP contribution in [-0.2, 0) is 16.6 Å². The molecule has 2 N–H and O–H groups in total. The summed E-state index contributed by atoms with van der Waals surface area (Å²) >= 11 is 0. The fraction of sp³-hybridized carbons (Fsp3) is 0.778. The molecule has 0 saturated carbocycles. The second-order valence-electron chi connectivity index (χ2n) is 4.11. The normalized spacial score (nSPS) is 12.5. The lowest BCUT2D eigenvalue weighted by Gasteiger charge is -2.16. The monoisotopic (exact) mass is 261 g/mol. The van der Waals surface area contributed by atoms with Gasteiger partial charge in [0, 0.05) is 19.6 Å². The number of hydrogen-bond donors (Lipinski definition) is 2. The number of nitrogens with zero attached hydrogens (tertiary/aromatic N) is 3. The van der Waals surface area contributed by atoms with Crippen LogP contribution in [-0.4, -0.2) is 53.3 Å². The first-order valence-electron chi connectivity index (χ1n) is 5.43. The summed E-state index contributed by atoms with van der Waals surface area (Å²) < 4.78 is 25.0. The SMILES string of the molecule is CC(C)NCCS(=O)(=O)N(C)Cc1ncn[nH]1. The zero-order valence-corrected chi connectivity index (χ0v) is 11.2. The van der Waals surface area contributed by atoms with Gasteiger partial charge < -0.3 is 5.32 Å². The Labute approximate surface area is 102 Å². The Hall–Kier alpha value is -0.990. The van der Waals surface area contributed by atoms with E-state index in [4.69, 9.17) is 0 Å². The molecule has 1 aromatic rings. The summed E-state index contributed by atoms with van der Waals surface area (Å²) in [6.45, 7) is 4.61. The third kappa shape index (κ3) is 4.80. The molecule has 17 heavy (non-hydrogen) atoms. The van der Waals surface area contributed by atoms with Gasteiger partial charge in [0.1, 0.15) is 12.2 Å². The first-order chi connectivity index (χ1) is 7.92. The molecule has 0 unspecified atom stereocenters. The number of rotatable bonds is 7. The fourth-order valence-corrected chi connectivity index (χ4v) is 2.26. The summed E-state index contributed by atoms with van der Waals surface area (Å²) in [5.41, 5.74) is 0. The van der Waals surface area contributed by atoms with Crippen molar-refractivity contribution in [1.82, 2.24) is 24.8 Å². The van der Waals surface area contributed by atoms with Crippen molar-refractivity contribution in [3.63, 3.8) is 0 Å². The van der Waals surface area contributed by atoms with Crippen molar-refractivity contribution in [2.24, 2.45) is 0 Å². The van der Waals surface area contributed by atoms with Crippen LogP contribution in [0.3, 0.4) is 0 Å². The molecule has 1 aromatic heterocycles. The molecule has 1 heterocycles. The molecule has 0 atom stereocenters. The summed E-state index contributed by atoms with van der Waals surface area (Å²) in [7, 11) is -1.71. The Morgan fingerprint density at radius 3 is 2.76 bits per heavy atom. The van der Waals surface area contributed by atoms with Crippen LogP contribution in [0, 0.1) is 0 Å². The molecule has 0 aliphatic rings. The van der Waals surface area contributed by atoms with Gasteiger partial charge in [-0.05, 0) is 0 Å². The lowest BCUT2D eigenvalue weighted by atomic mass is 10.4. The smallest absolute Gasteiger partial charge is 0.215 e. The second kappa shape index (κ2) is 6.08. The lowest BCUT2D eigenvalue weighted by molar-refractivity contribution is 0.454. The molecule has 0 saturated heterocycles. The Balaban J connectivity index is 2.46. The van der Waals surface area contributed by atoms with Crippen molar-refractivity contribution in [2.45, 2.75) is 26.4 Å². The van der Waals surface area contributed by atoms with Crippen molar-refractivity contribution in [2.75, 3.05) is 19.3 Å². The number of hydrogen-bond acceptors (Lipinski definition) is 5. The minimum Gasteiger partial charge on any atom is -0.313 e. The van der Waals surface area contributed by atoms with Crippen LogP contribution in [0.15, 0.2) is 6.33 Å². The number of sulfonamides is 1. The van der Waals surface area contributed by atoms with Gasteiger partial charge in [0.2, 0.25) is 10.0 Å². The van der Waals surface area contributed by atoms with Crippen LogP contribution in [0.5, 0.6) is 0 Å². The van der Waals surface area contributed by atoms with Crippen molar-refractivity contribution < 1.29 is 8.42 Å². The summed E-state index contributed by atoms with van der Waals surface area (Å²) in [5, 5.41) is 9.38. The van der Waals surface area contributed by atoms with E-state index < -0.39 is 10.0 Å². The molecule has 0 bridgehead atoms. The fourth-order valence-electron chi connectivity index (χ4n) is 1.25. The lowest BCUT2D eigenvalue weighted by Crippen LogP contribution is -2.35. The quantitative estimate of drug-likeness (QED) is 0.694. The van der Waals surface area contributed by atoms with E-state index >= 15 is 0 Å². The third-order valence-electron chi connectivity index (χ3n) is 2.22. The van der Waals surface area contributed by atoms with Gasteiger partial charge in [0.25, 0.3) is 0 Å². The number of aromatic nitrogens is 3. The first kappa shape index (κ1) is 14.1. The minimum absolute atomic E-state index is 0.0792. The van der Waals surface area contributed by atoms with Crippen molar-refractivity contribution >= 4 is 10.0 Å². The van der Waals surface area contributed by atoms with Crippen molar-refractivity contribution in [1.29, 1.82) is 0 Å². The molecule has 7 nitrogen and oxygen atoms in total. The van der Waals surface area contributed by atoms with Crippen molar-refractivity contribution in [3.8, 4) is 0 Å². The standard InChI is InChI=1S/C9H19N5O2S/c1-8(2)10-4-5-17(15,16)14(3)6-9-11-7-12-13-9/h7-8,10H,4-6H2,1-3H3,(H,11,12,13). The van der Waals surface area contributed by atoms with Gasteiger partial charge in [-0.15, -0.1) is 0 Å². The molecular formula is C9H19N5O2S. The predicted molar refractivity (Wildman–Crippen MR) is 64.8 cm³/mol. The molecule has 98 valence electrons. The summed E-state index contributed by atoms with van der Waals surface area (Å²) in [6, 6.07) is 0.282. The minimum atomic E-state index is -3.25. The molecule has 8 heteroatoms. The third-order valence-corrected chi connectivity index (χ3v) is 4.02. The largest absolute Gasteiger partial charge is 0.313 e. The van der Waals surface area contributed by atoms with E-state index in [-0.39, 0.29) is 18.3 Å². The van der Waals surface area contributed by atoms with E-state index in [1.165, 1.54) is 17.7 Å². The van der Waals surface area contributed by atoms with Crippen LogP contribution in [0.1, 0.15) is 19.7 Å². The maximum absolute atomic E-state index is 11.9. The maximum Gasteiger partial charge on any atom is 0.215 e. The molecule has 0 radical (unpaired) electrons.